The molecular formula is C22H32N4O3. The second kappa shape index (κ2) is 12.6. The van der Waals surface area contributed by atoms with Gasteiger partial charge in [-0.15, -0.1) is 0 Å². The van der Waals surface area contributed by atoms with Crippen LogP contribution in [0.1, 0.15) is 41.9 Å². The highest BCUT2D eigenvalue weighted by Gasteiger charge is 2.11. The van der Waals surface area contributed by atoms with Gasteiger partial charge in [0.2, 0.25) is 0 Å². The van der Waals surface area contributed by atoms with Gasteiger partial charge < -0.3 is 24.7 Å². The molecule has 0 aliphatic rings. The SMILES string of the molecule is CCN(CC)C(=O)c1ccc(CNC(=NC)NCCCOCc2ccco2)cc1. The maximum absolute atomic E-state index is 12.4. The Balaban J connectivity index is 1.67. The summed E-state index contributed by atoms with van der Waals surface area (Å²) in [5.74, 6) is 1.64. The van der Waals surface area contributed by atoms with Crippen molar-refractivity contribution in [1.82, 2.24) is 15.5 Å². The fourth-order valence-corrected chi connectivity index (χ4v) is 2.81. The molecule has 2 aromatic rings. The zero-order chi connectivity index (χ0) is 20.9. The van der Waals surface area contributed by atoms with E-state index >= 15 is 0 Å². The van der Waals surface area contributed by atoms with Crippen molar-refractivity contribution in [3.8, 4) is 0 Å². The Morgan fingerprint density at radius 1 is 1.14 bits per heavy atom. The molecule has 1 aromatic carbocycles. The second-order valence-corrected chi connectivity index (χ2v) is 6.51. The zero-order valence-electron chi connectivity index (χ0n) is 17.6. The van der Waals surface area contributed by atoms with Gasteiger partial charge in [0.1, 0.15) is 12.4 Å². The molecule has 0 radical (unpaired) electrons. The van der Waals surface area contributed by atoms with Crippen LogP contribution in [-0.2, 0) is 17.9 Å². The van der Waals surface area contributed by atoms with Crippen LogP contribution in [0.15, 0.2) is 52.1 Å². The summed E-state index contributed by atoms with van der Waals surface area (Å²) in [6.45, 7) is 7.94. The molecule has 2 rings (SSSR count). The molecule has 0 unspecified atom stereocenters. The fraction of sp³-hybridized carbons (Fsp3) is 0.455. The lowest BCUT2D eigenvalue weighted by molar-refractivity contribution is 0.0773. The quantitative estimate of drug-likeness (QED) is 0.344. The van der Waals surface area contributed by atoms with Crippen molar-refractivity contribution in [1.29, 1.82) is 0 Å². The van der Waals surface area contributed by atoms with E-state index in [4.69, 9.17) is 9.15 Å². The van der Waals surface area contributed by atoms with Crippen molar-refractivity contribution in [3.63, 3.8) is 0 Å². The molecule has 0 aliphatic carbocycles. The first-order valence-corrected chi connectivity index (χ1v) is 10.1. The first kappa shape index (κ1) is 22.5. The summed E-state index contributed by atoms with van der Waals surface area (Å²) in [5, 5.41) is 6.55. The molecule has 29 heavy (non-hydrogen) atoms. The number of nitrogens with one attached hydrogen (secondary N) is 2. The Kier molecular flexibility index (Phi) is 9.78. The molecule has 0 spiro atoms. The third kappa shape index (κ3) is 7.62. The molecule has 7 heteroatoms. The number of rotatable bonds is 11. The number of carbonyl (C=O) groups is 1. The van der Waals surface area contributed by atoms with Gasteiger partial charge in [0.25, 0.3) is 5.91 Å². The fourth-order valence-electron chi connectivity index (χ4n) is 2.81. The Labute approximate surface area is 173 Å². The first-order valence-electron chi connectivity index (χ1n) is 10.1. The Morgan fingerprint density at radius 3 is 2.52 bits per heavy atom. The predicted octanol–water partition coefficient (Wildman–Crippen LogP) is 3.03. The van der Waals surface area contributed by atoms with Crippen LogP contribution in [0.3, 0.4) is 0 Å². The maximum Gasteiger partial charge on any atom is 0.253 e. The molecule has 0 atom stereocenters. The lowest BCUT2D eigenvalue weighted by atomic mass is 10.1. The van der Waals surface area contributed by atoms with Gasteiger partial charge in [-0.1, -0.05) is 12.1 Å². The smallest absolute Gasteiger partial charge is 0.253 e. The molecule has 7 nitrogen and oxygen atoms in total. The molecule has 1 aromatic heterocycles. The van der Waals surface area contributed by atoms with E-state index in [-0.39, 0.29) is 5.91 Å². The van der Waals surface area contributed by atoms with Crippen LogP contribution < -0.4 is 10.6 Å². The zero-order valence-corrected chi connectivity index (χ0v) is 17.6. The van der Waals surface area contributed by atoms with Gasteiger partial charge in [0.05, 0.1) is 6.26 Å². The van der Waals surface area contributed by atoms with Crippen molar-refractivity contribution in [2.24, 2.45) is 4.99 Å². The molecule has 2 N–H and O–H groups in total. The van der Waals surface area contributed by atoms with E-state index in [0.29, 0.717) is 32.8 Å². The minimum Gasteiger partial charge on any atom is -0.467 e. The summed E-state index contributed by atoms with van der Waals surface area (Å²) in [4.78, 5) is 18.4. The van der Waals surface area contributed by atoms with Gasteiger partial charge in [0, 0.05) is 45.4 Å². The van der Waals surface area contributed by atoms with Gasteiger partial charge in [-0.25, -0.2) is 0 Å². The van der Waals surface area contributed by atoms with E-state index in [2.05, 4.69) is 15.6 Å². The molecule has 0 fully saturated rings. The van der Waals surface area contributed by atoms with E-state index in [1.165, 1.54) is 0 Å². The first-order chi connectivity index (χ1) is 14.2. The third-order valence-electron chi connectivity index (χ3n) is 4.52. The van der Waals surface area contributed by atoms with Gasteiger partial charge in [-0.3, -0.25) is 9.79 Å². The predicted molar refractivity (Wildman–Crippen MR) is 115 cm³/mol. The summed E-state index contributed by atoms with van der Waals surface area (Å²) < 4.78 is 10.8. The van der Waals surface area contributed by atoms with Crippen LogP contribution in [0.5, 0.6) is 0 Å². The highest BCUT2D eigenvalue weighted by atomic mass is 16.5. The Bertz CT molecular complexity index is 738. The molecule has 0 saturated carbocycles. The van der Waals surface area contributed by atoms with E-state index < -0.39 is 0 Å². The summed E-state index contributed by atoms with van der Waals surface area (Å²) in [6.07, 6.45) is 2.51. The lowest BCUT2D eigenvalue weighted by Gasteiger charge is -2.18. The minimum atomic E-state index is 0.0706. The number of guanidine groups is 1. The van der Waals surface area contributed by atoms with Gasteiger partial charge in [-0.05, 0) is 50.1 Å². The minimum absolute atomic E-state index is 0.0706. The average molecular weight is 401 g/mol. The Hall–Kier alpha value is -2.80. The average Bonchev–Trinajstić information content (AvgIpc) is 3.27. The standard InChI is InChI=1S/C22H32N4O3/c1-4-26(5-2)21(27)19-11-9-18(10-12-19)16-25-22(23-3)24-13-7-14-28-17-20-8-6-15-29-20/h6,8-12,15H,4-5,7,13-14,16-17H2,1-3H3,(H2,23,24,25). The van der Waals surface area contributed by atoms with Crippen LogP contribution in [0.25, 0.3) is 0 Å². The number of nitrogens with zero attached hydrogens (tertiary/aromatic N) is 2. The highest BCUT2D eigenvalue weighted by Crippen LogP contribution is 2.08. The number of benzene rings is 1. The molecule has 0 aliphatic heterocycles. The lowest BCUT2D eigenvalue weighted by Crippen LogP contribution is -2.37. The molecule has 0 bridgehead atoms. The number of ether oxygens (including phenoxy) is 1. The molecule has 158 valence electrons. The number of carbonyl (C=O) groups excluding carboxylic acids is 1. The third-order valence-corrected chi connectivity index (χ3v) is 4.52. The van der Waals surface area contributed by atoms with Crippen molar-refractivity contribution in [2.75, 3.05) is 33.3 Å². The molecule has 1 amide bonds. The summed E-state index contributed by atoms with van der Waals surface area (Å²) in [5.41, 5.74) is 1.81. The second-order valence-electron chi connectivity index (χ2n) is 6.51. The van der Waals surface area contributed by atoms with Gasteiger partial charge in [-0.2, -0.15) is 0 Å². The van der Waals surface area contributed by atoms with Gasteiger partial charge >= 0.3 is 0 Å². The van der Waals surface area contributed by atoms with Crippen molar-refractivity contribution in [3.05, 3.63) is 59.5 Å². The van der Waals surface area contributed by atoms with E-state index in [1.54, 1.807) is 13.3 Å². The Morgan fingerprint density at radius 2 is 1.90 bits per heavy atom. The molecular weight excluding hydrogens is 368 g/mol. The number of hydrogen-bond acceptors (Lipinski definition) is 4. The number of hydrogen-bond donors (Lipinski definition) is 2. The van der Waals surface area contributed by atoms with Gasteiger partial charge in [0.15, 0.2) is 5.96 Å². The molecule has 1 heterocycles. The largest absolute Gasteiger partial charge is 0.467 e. The number of furan rings is 1. The van der Waals surface area contributed by atoms with Crippen molar-refractivity contribution in [2.45, 2.75) is 33.4 Å². The van der Waals surface area contributed by atoms with Crippen LogP contribution in [0, 0.1) is 0 Å². The van der Waals surface area contributed by atoms with Crippen molar-refractivity contribution < 1.29 is 13.9 Å². The van der Waals surface area contributed by atoms with E-state index in [0.717, 1.165) is 35.8 Å². The summed E-state index contributed by atoms with van der Waals surface area (Å²) >= 11 is 0. The normalized spacial score (nSPS) is 11.3. The monoisotopic (exact) mass is 400 g/mol. The maximum atomic E-state index is 12.4. The van der Waals surface area contributed by atoms with Crippen LogP contribution in [0.2, 0.25) is 0 Å². The number of amides is 1. The van der Waals surface area contributed by atoms with E-state index in [9.17, 15) is 4.79 Å². The van der Waals surface area contributed by atoms with Crippen LogP contribution >= 0.6 is 0 Å². The van der Waals surface area contributed by atoms with Crippen molar-refractivity contribution >= 4 is 11.9 Å². The van der Waals surface area contributed by atoms with Crippen LogP contribution in [-0.4, -0.2) is 50.1 Å². The molecule has 0 saturated heterocycles. The van der Waals surface area contributed by atoms with E-state index in [1.807, 2.05) is 55.1 Å². The van der Waals surface area contributed by atoms with Crippen LogP contribution in [0.4, 0.5) is 0 Å². The topological polar surface area (TPSA) is 79.1 Å². The number of aliphatic imine (C=N–C) groups is 1. The summed E-state index contributed by atoms with van der Waals surface area (Å²) in [7, 11) is 1.74. The highest BCUT2D eigenvalue weighted by molar-refractivity contribution is 5.94. The summed E-state index contributed by atoms with van der Waals surface area (Å²) in [6, 6.07) is 11.5.